The molecule has 0 aromatic rings. The molecular formula is C14H26N2O2. The van der Waals surface area contributed by atoms with E-state index in [0.717, 1.165) is 39.0 Å². The first kappa shape index (κ1) is 13.8. The monoisotopic (exact) mass is 254 g/mol. The Labute approximate surface area is 110 Å². The van der Waals surface area contributed by atoms with Crippen LogP contribution in [0.5, 0.6) is 0 Å². The van der Waals surface area contributed by atoms with E-state index in [2.05, 4.69) is 25.7 Å². The molecule has 2 saturated heterocycles. The molecule has 2 heterocycles. The normalized spacial score (nSPS) is 25.4. The Morgan fingerprint density at radius 2 is 1.78 bits per heavy atom. The summed E-state index contributed by atoms with van der Waals surface area (Å²) in [5, 5.41) is 0. The molecule has 2 rings (SSSR count). The molecule has 0 aliphatic carbocycles. The Bertz CT molecular complexity index is 314. The number of hydrogen-bond acceptors (Lipinski definition) is 3. The maximum atomic E-state index is 11.5. The first-order chi connectivity index (χ1) is 8.32. The minimum atomic E-state index is -0.0777. The molecule has 2 aliphatic rings. The summed E-state index contributed by atoms with van der Waals surface area (Å²) in [5.41, 5.74) is 0.155. The number of hydrogen-bond donors (Lipinski definition) is 0. The standard InChI is InChI=1S/C14H26N2O2/c1-12(17)15-9-10-18-14(11-15)5-7-16(8-6-14)13(2,3)4/h5-11H2,1-4H3. The lowest BCUT2D eigenvalue weighted by Crippen LogP contribution is -2.59. The van der Waals surface area contributed by atoms with Crippen molar-refractivity contribution in [2.75, 3.05) is 32.8 Å². The number of piperidine rings is 1. The van der Waals surface area contributed by atoms with Gasteiger partial charge in [-0.1, -0.05) is 0 Å². The minimum absolute atomic E-state index is 0.0777. The first-order valence-electron chi connectivity index (χ1n) is 6.97. The van der Waals surface area contributed by atoms with E-state index >= 15 is 0 Å². The van der Waals surface area contributed by atoms with E-state index < -0.39 is 0 Å². The van der Waals surface area contributed by atoms with Gasteiger partial charge in [0.1, 0.15) is 0 Å². The van der Waals surface area contributed by atoms with Crippen LogP contribution in [-0.2, 0) is 9.53 Å². The zero-order valence-electron chi connectivity index (χ0n) is 12.2. The molecule has 1 spiro atoms. The maximum absolute atomic E-state index is 11.5. The van der Waals surface area contributed by atoms with Gasteiger partial charge in [-0.05, 0) is 33.6 Å². The Balaban J connectivity index is 1.97. The molecular weight excluding hydrogens is 228 g/mol. The van der Waals surface area contributed by atoms with Crippen LogP contribution in [0, 0.1) is 0 Å². The molecule has 0 N–H and O–H groups in total. The van der Waals surface area contributed by atoms with Gasteiger partial charge >= 0.3 is 0 Å². The fraction of sp³-hybridized carbons (Fsp3) is 0.929. The topological polar surface area (TPSA) is 32.8 Å². The zero-order valence-corrected chi connectivity index (χ0v) is 12.2. The fourth-order valence-electron chi connectivity index (χ4n) is 3.00. The highest BCUT2D eigenvalue weighted by Gasteiger charge is 2.41. The van der Waals surface area contributed by atoms with Crippen LogP contribution in [0.1, 0.15) is 40.5 Å². The van der Waals surface area contributed by atoms with Gasteiger partial charge < -0.3 is 9.64 Å². The highest BCUT2D eigenvalue weighted by Crippen LogP contribution is 2.32. The van der Waals surface area contributed by atoms with E-state index in [1.807, 2.05) is 4.90 Å². The number of carbonyl (C=O) groups is 1. The quantitative estimate of drug-likeness (QED) is 0.657. The van der Waals surface area contributed by atoms with E-state index in [4.69, 9.17) is 4.74 Å². The van der Waals surface area contributed by atoms with E-state index in [9.17, 15) is 4.79 Å². The fourth-order valence-corrected chi connectivity index (χ4v) is 3.00. The molecule has 0 aromatic carbocycles. The summed E-state index contributed by atoms with van der Waals surface area (Å²) in [5.74, 6) is 0.177. The van der Waals surface area contributed by atoms with E-state index in [0.29, 0.717) is 6.61 Å². The third-order valence-corrected chi connectivity index (χ3v) is 4.32. The molecule has 0 atom stereocenters. The van der Waals surface area contributed by atoms with Crippen molar-refractivity contribution >= 4 is 5.91 Å². The molecule has 0 radical (unpaired) electrons. The van der Waals surface area contributed by atoms with Crippen molar-refractivity contribution in [3.8, 4) is 0 Å². The number of morpholine rings is 1. The number of likely N-dealkylation sites (tertiary alicyclic amines) is 1. The Morgan fingerprint density at radius 3 is 2.28 bits per heavy atom. The third kappa shape index (κ3) is 2.86. The second kappa shape index (κ2) is 4.82. The molecule has 0 aromatic heterocycles. The Hall–Kier alpha value is -0.610. The van der Waals surface area contributed by atoms with Crippen LogP contribution in [0.15, 0.2) is 0 Å². The van der Waals surface area contributed by atoms with E-state index in [1.165, 1.54) is 0 Å². The van der Waals surface area contributed by atoms with Gasteiger partial charge in [0.2, 0.25) is 5.91 Å². The van der Waals surface area contributed by atoms with Crippen LogP contribution in [0.2, 0.25) is 0 Å². The van der Waals surface area contributed by atoms with Crippen molar-refractivity contribution in [3.05, 3.63) is 0 Å². The van der Waals surface area contributed by atoms with Gasteiger partial charge in [0.25, 0.3) is 0 Å². The van der Waals surface area contributed by atoms with Crippen molar-refractivity contribution in [1.29, 1.82) is 0 Å². The molecule has 2 aliphatic heterocycles. The predicted molar refractivity (Wildman–Crippen MR) is 71.5 cm³/mol. The van der Waals surface area contributed by atoms with Gasteiger partial charge in [0.05, 0.1) is 12.2 Å². The van der Waals surface area contributed by atoms with Crippen LogP contribution in [-0.4, -0.2) is 59.6 Å². The molecule has 0 bridgehead atoms. The number of nitrogens with zero attached hydrogens (tertiary/aromatic N) is 2. The Morgan fingerprint density at radius 1 is 1.17 bits per heavy atom. The summed E-state index contributed by atoms with van der Waals surface area (Å²) in [7, 11) is 0. The van der Waals surface area contributed by atoms with Crippen molar-refractivity contribution in [1.82, 2.24) is 9.80 Å². The molecule has 104 valence electrons. The highest BCUT2D eigenvalue weighted by atomic mass is 16.5. The van der Waals surface area contributed by atoms with Gasteiger partial charge in [0.15, 0.2) is 0 Å². The average Bonchev–Trinajstić information content (AvgIpc) is 2.28. The van der Waals surface area contributed by atoms with Crippen molar-refractivity contribution in [3.63, 3.8) is 0 Å². The molecule has 2 fully saturated rings. The largest absolute Gasteiger partial charge is 0.371 e. The lowest BCUT2D eigenvalue weighted by molar-refractivity contribution is -0.160. The zero-order chi connectivity index (χ0) is 13.4. The Kier molecular flexibility index (Phi) is 3.70. The summed E-state index contributed by atoms with van der Waals surface area (Å²) in [6.07, 6.45) is 2.07. The van der Waals surface area contributed by atoms with Crippen LogP contribution >= 0.6 is 0 Å². The lowest BCUT2D eigenvalue weighted by atomic mass is 9.87. The van der Waals surface area contributed by atoms with Crippen LogP contribution in [0.3, 0.4) is 0 Å². The number of rotatable bonds is 0. The summed E-state index contributed by atoms with van der Waals surface area (Å²) in [4.78, 5) is 16.0. The second-order valence-electron chi connectivity index (χ2n) is 6.63. The molecule has 0 saturated carbocycles. The SMILES string of the molecule is CC(=O)N1CCOC2(CCN(C(C)(C)C)CC2)C1. The smallest absolute Gasteiger partial charge is 0.219 e. The molecule has 4 nitrogen and oxygen atoms in total. The van der Waals surface area contributed by atoms with Gasteiger partial charge in [-0.2, -0.15) is 0 Å². The minimum Gasteiger partial charge on any atom is -0.371 e. The molecule has 1 amide bonds. The van der Waals surface area contributed by atoms with Crippen molar-refractivity contribution in [2.45, 2.75) is 51.7 Å². The van der Waals surface area contributed by atoms with Crippen molar-refractivity contribution in [2.24, 2.45) is 0 Å². The lowest BCUT2D eigenvalue weighted by Gasteiger charge is -2.49. The number of carbonyl (C=O) groups excluding carboxylic acids is 1. The van der Waals surface area contributed by atoms with Gasteiger partial charge in [-0.15, -0.1) is 0 Å². The maximum Gasteiger partial charge on any atom is 0.219 e. The van der Waals surface area contributed by atoms with Crippen LogP contribution < -0.4 is 0 Å². The van der Waals surface area contributed by atoms with Crippen LogP contribution in [0.25, 0.3) is 0 Å². The predicted octanol–water partition coefficient (Wildman–Crippen LogP) is 1.50. The summed E-state index contributed by atoms with van der Waals surface area (Å²) >= 11 is 0. The summed E-state index contributed by atoms with van der Waals surface area (Å²) in [6, 6.07) is 0. The average molecular weight is 254 g/mol. The van der Waals surface area contributed by atoms with Crippen molar-refractivity contribution < 1.29 is 9.53 Å². The number of ether oxygens (including phenoxy) is 1. The molecule has 4 heteroatoms. The highest BCUT2D eigenvalue weighted by molar-refractivity contribution is 5.73. The van der Waals surface area contributed by atoms with Gasteiger partial charge in [0, 0.05) is 38.6 Å². The van der Waals surface area contributed by atoms with Gasteiger partial charge in [-0.3, -0.25) is 9.69 Å². The van der Waals surface area contributed by atoms with E-state index in [-0.39, 0.29) is 17.0 Å². The van der Waals surface area contributed by atoms with E-state index in [1.54, 1.807) is 6.92 Å². The molecule has 0 unspecified atom stereocenters. The first-order valence-corrected chi connectivity index (χ1v) is 6.97. The summed E-state index contributed by atoms with van der Waals surface area (Å²) in [6.45, 7) is 12.8. The number of amides is 1. The second-order valence-corrected chi connectivity index (χ2v) is 6.63. The van der Waals surface area contributed by atoms with Crippen LogP contribution in [0.4, 0.5) is 0 Å². The summed E-state index contributed by atoms with van der Waals surface area (Å²) < 4.78 is 6.03. The third-order valence-electron chi connectivity index (χ3n) is 4.32. The molecule has 18 heavy (non-hydrogen) atoms. The van der Waals surface area contributed by atoms with Gasteiger partial charge in [-0.25, -0.2) is 0 Å².